The second kappa shape index (κ2) is 7.18. The van der Waals surface area contributed by atoms with Crippen LogP contribution in [0.4, 0.5) is 0 Å². The Hall–Kier alpha value is -2.49. The molecule has 0 saturated heterocycles. The highest BCUT2D eigenvalue weighted by molar-refractivity contribution is 5.80. The summed E-state index contributed by atoms with van der Waals surface area (Å²) >= 11 is 0. The summed E-state index contributed by atoms with van der Waals surface area (Å²) in [6, 6.07) is 15.3. The summed E-state index contributed by atoms with van der Waals surface area (Å²) in [7, 11) is 3.24. The van der Waals surface area contributed by atoms with E-state index in [2.05, 4.69) is 5.32 Å². The third kappa shape index (κ3) is 4.25. The highest BCUT2D eigenvalue weighted by atomic mass is 16.5. The number of hydrogen-bond acceptors (Lipinski definition) is 3. The van der Waals surface area contributed by atoms with Gasteiger partial charge < -0.3 is 14.8 Å². The lowest BCUT2D eigenvalue weighted by Crippen LogP contribution is -2.41. The van der Waals surface area contributed by atoms with Crippen molar-refractivity contribution in [3.8, 4) is 11.5 Å². The highest BCUT2D eigenvalue weighted by Crippen LogP contribution is 2.23. The Labute approximate surface area is 137 Å². The molecule has 0 fully saturated rings. The molecule has 1 N–H and O–H groups in total. The van der Waals surface area contributed by atoms with Crippen LogP contribution in [0.1, 0.15) is 25.0 Å². The lowest BCUT2D eigenvalue weighted by Gasteiger charge is -2.27. The van der Waals surface area contributed by atoms with Crippen LogP contribution in [0.15, 0.2) is 48.5 Å². The standard InChI is InChI=1S/C19H23NO3/c1-19(2,15-9-11-16(22-3)12-10-15)20-18(21)13-14-7-5-6-8-17(14)23-4/h5-12H,13H2,1-4H3,(H,20,21). The molecule has 2 aromatic rings. The molecule has 1 amide bonds. The van der Waals surface area contributed by atoms with Crippen LogP contribution < -0.4 is 14.8 Å². The zero-order valence-electron chi connectivity index (χ0n) is 14.1. The largest absolute Gasteiger partial charge is 0.497 e. The van der Waals surface area contributed by atoms with E-state index in [1.165, 1.54) is 0 Å². The molecule has 0 radical (unpaired) electrons. The minimum absolute atomic E-state index is 0.0460. The van der Waals surface area contributed by atoms with Gasteiger partial charge in [-0.2, -0.15) is 0 Å². The summed E-state index contributed by atoms with van der Waals surface area (Å²) in [5.41, 5.74) is 1.43. The number of amides is 1. The molecule has 0 heterocycles. The first-order valence-corrected chi connectivity index (χ1v) is 7.53. The quantitative estimate of drug-likeness (QED) is 0.890. The van der Waals surface area contributed by atoms with E-state index in [0.29, 0.717) is 0 Å². The lowest BCUT2D eigenvalue weighted by atomic mass is 9.93. The fourth-order valence-electron chi connectivity index (χ4n) is 2.49. The van der Waals surface area contributed by atoms with Crippen molar-refractivity contribution in [3.63, 3.8) is 0 Å². The Bertz CT molecular complexity index is 663. The first-order chi connectivity index (χ1) is 11.0. The number of benzene rings is 2. The molecule has 0 aliphatic carbocycles. The van der Waals surface area contributed by atoms with Gasteiger partial charge in [0.05, 0.1) is 26.2 Å². The number of ether oxygens (including phenoxy) is 2. The molecule has 2 aromatic carbocycles. The van der Waals surface area contributed by atoms with Gasteiger partial charge in [-0.25, -0.2) is 0 Å². The predicted octanol–water partition coefficient (Wildman–Crippen LogP) is 3.30. The molecular weight excluding hydrogens is 290 g/mol. The molecule has 0 saturated carbocycles. The molecule has 122 valence electrons. The smallest absolute Gasteiger partial charge is 0.225 e. The summed E-state index contributed by atoms with van der Waals surface area (Å²) in [5, 5.41) is 3.07. The van der Waals surface area contributed by atoms with E-state index in [0.717, 1.165) is 22.6 Å². The first kappa shape index (κ1) is 16.9. The van der Waals surface area contributed by atoms with Crippen molar-refractivity contribution >= 4 is 5.91 Å². The molecule has 0 aliphatic heterocycles. The number of carbonyl (C=O) groups excluding carboxylic acids is 1. The van der Waals surface area contributed by atoms with Crippen molar-refractivity contribution in [3.05, 3.63) is 59.7 Å². The van der Waals surface area contributed by atoms with Gasteiger partial charge in [0.2, 0.25) is 5.91 Å². The predicted molar refractivity (Wildman–Crippen MR) is 90.9 cm³/mol. The lowest BCUT2D eigenvalue weighted by molar-refractivity contribution is -0.122. The fourth-order valence-corrected chi connectivity index (χ4v) is 2.49. The van der Waals surface area contributed by atoms with Gasteiger partial charge >= 0.3 is 0 Å². The number of para-hydroxylation sites is 1. The molecule has 4 nitrogen and oxygen atoms in total. The maximum atomic E-state index is 12.4. The molecule has 2 rings (SSSR count). The van der Waals surface area contributed by atoms with Crippen molar-refractivity contribution in [2.45, 2.75) is 25.8 Å². The maximum Gasteiger partial charge on any atom is 0.225 e. The second-order valence-electron chi connectivity index (χ2n) is 5.89. The number of rotatable bonds is 6. The van der Waals surface area contributed by atoms with E-state index in [1.807, 2.05) is 62.4 Å². The maximum absolute atomic E-state index is 12.4. The van der Waals surface area contributed by atoms with Crippen LogP contribution in [0.2, 0.25) is 0 Å². The van der Waals surface area contributed by atoms with Crippen LogP contribution in [-0.2, 0) is 16.8 Å². The van der Waals surface area contributed by atoms with Crippen LogP contribution in [0, 0.1) is 0 Å². The molecule has 0 spiro atoms. The summed E-state index contributed by atoms with van der Waals surface area (Å²) in [4.78, 5) is 12.4. The topological polar surface area (TPSA) is 47.6 Å². The average Bonchev–Trinajstić information content (AvgIpc) is 2.55. The van der Waals surface area contributed by atoms with Gasteiger partial charge in [-0.15, -0.1) is 0 Å². The minimum Gasteiger partial charge on any atom is -0.497 e. The minimum atomic E-state index is -0.467. The van der Waals surface area contributed by atoms with Crippen molar-refractivity contribution in [2.24, 2.45) is 0 Å². The van der Waals surface area contributed by atoms with Gasteiger partial charge in [0, 0.05) is 5.56 Å². The SMILES string of the molecule is COc1ccc(C(C)(C)NC(=O)Cc2ccccc2OC)cc1. The molecule has 0 unspecified atom stereocenters. The van der Waals surface area contributed by atoms with Crippen molar-refractivity contribution in [1.82, 2.24) is 5.32 Å². The van der Waals surface area contributed by atoms with Crippen molar-refractivity contribution in [2.75, 3.05) is 14.2 Å². The zero-order valence-corrected chi connectivity index (χ0v) is 14.1. The van der Waals surface area contributed by atoms with Gasteiger partial charge in [0.15, 0.2) is 0 Å². The molecule has 0 atom stereocenters. The van der Waals surface area contributed by atoms with Crippen LogP contribution in [0.5, 0.6) is 11.5 Å². The van der Waals surface area contributed by atoms with Gasteiger partial charge in [0.25, 0.3) is 0 Å². The summed E-state index contributed by atoms with van der Waals surface area (Å²) in [6.45, 7) is 3.96. The van der Waals surface area contributed by atoms with Crippen molar-refractivity contribution < 1.29 is 14.3 Å². The zero-order chi connectivity index (χ0) is 16.9. The Morgan fingerprint density at radius 2 is 1.65 bits per heavy atom. The van der Waals surface area contributed by atoms with Crippen molar-refractivity contribution in [1.29, 1.82) is 0 Å². The normalized spacial score (nSPS) is 11.0. The van der Waals surface area contributed by atoms with E-state index < -0.39 is 5.54 Å². The van der Waals surface area contributed by atoms with Gasteiger partial charge in [0.1, 0.15) is 11.5 Å². The molecule has 0 aliphatic rings. The van der Waals surface area contributed by atoms with Crippen LogP contribution >= 0.6 is 0 Å². The third-order valence-electron chi connectivity index (χ3n) is 3.81. The molecule has 4 heteroatoms. The number of methoxy groups -OCH3 is 2. The van der Waals surface area contributed by atoms with E-state index in [-0.39, 0.29) is 12.3 Å². The van der Waals surface area contributed by atoms with Crippen LogP contribution in [0.25, 0.3) is 0 Å². The Morgan fingerprint density at radius 1 is 1.00 bits per heavy atom. The fraction of sp³-hybridized carbons (Fsp3) is 0.316. The number of hydrogen-bond donors (Lipinski definition) is 1. The second-order valence-corrected chi connectivity index (χ2v) is 5.89. The van der Waals surface area contributed by atoms with E-state index in [4.69, 9.17) is 9.47 Å². The summed E-state index contributed by atoms with van der Waals surface area (Å²) in [5.74, 6) is 1.48. The number of carbonyl (C=O) groups is 1. The first-order valence-electron chi connectivity index (χ1n) is 7.53. The third-order valence-corrected chi connectivity index (χ3v) is 3.81. The van der Waals surface area contributed by atoms with Gasteiger partial charge in [-0.1, -0.05) is 30.3 Å². The Balaban J connectivity index is 2.08. The van der Waals surface area contributed by atoms with Gasteiger partial charge in [-0.05, 0) is 37.6 Å². The summed E-state index contributed by atoms with van der Waals surface area (Å²) in [6.07, 6.45) is 0.281. The van der Waals surface area contributed by atoms with E-state index in [1.54, 1.807) is 14.2 Å². The Kier molecular flexibility index (Phi) is 5.27. The molecule has 23 heavy (non-hydrogen) atoms. The van der Waals surface area contributed by atoms with E-state index in [9.17, 15) is 4.79 Å². The molecule has 0 aromatic heterocycles. The highest BCUT2D eigenvalue weighted by Gasteiger charge is 2.23. The molecular formula is C19H23NO3. The average molecular weight is 313 g/mol. The Morgan fingerprint density at radius 3 is 2.26 bits per heavy atom. The van der Waals surface area contributed by atoms with Gasteiger partial charge in [-0.3, -0.25) is 4.79 Å². The molecule has 0 bridgehead atoms. The monoisotopic (exact) mass is 313 g/mol. The van der Waals surface area contributed by atoms with E-state index >= 15 is 0 Å². The summed E-state index contributed by atoms with van der Waals surface area (Å²) < 4.78 is 10.5. The van der Waals surface area contributed by atoms with Crippen LogP contribution in [-0.4, -0.2) is 20.1 Å². The number of nitrogens with one attached hydrogen (secondary N) is 1. The van der Waals surface area contributed by atoms with Crippen LogP contribution in [0.3, 0.4) is 0 Å².